The van der Waals surface area contributed by atoms with E-state index in [1.54, 1.807) is 0 Å². The Kier molecular flexibility index (Phi) is 6.24. The van der Waals surface area contributed by atoms with E-state index in [-0.39, 0.29) is 0 Å². The molecule has 0 saturated heterocycles. The molecular weight excluding hydrogens is 298 g/mol. The summed E-state index contributed by atoms with van der Waals surface area (Å²) < 4.78 is 0.944. The highest BCUT2D eigenvalue weighted by molar-refractivity contribution is 9.10. The average molecular weight is 317 g/mol. The molecule has 1 N–H and O–H groups in total. The van der Waals surface area contributed by atoms with Crippen LogP contribution in [0.4, 0.5) is 0 Å². The van der Waals surface area contributed by atoms with Crippen LogP contribution in [0, 0.1) is 5.92 Å². The van der Waals surface area contributed by atoms with Crippen molar-refractivity contribution in [1.29, 1.82) is 0 Å². The molecule has 3 heteroatoms. The van der Waals surface area contributed by atoms with Crippen molar-refractivity contribution in [2.75, 3.05) is 13.1 Å². The molecule has 0 aliphatic rings. The van der Waals surface area contributed by atoms with Crippen LogP contribution in [0.5, 0.6) is 0 Å². The monoisotopic (exact) mass is 315 g/mol. The number of halogens is 2. The number of hydrogen-bond acceptors (Lipinski definition) is 1. The summed E-state index contributed by atoms with van der Waals surface area (Å²) >= 11 is 9.43. The molecule has 0 aromatic heterocycles. The van der Waals surface area contributed by atoms with Crippen LogP contribution in [0.15, 0.2) is 28.2 Å². The van der Waals surface area contributed by atoms with Gasteiger partial charge in [0.25, 0.3) is 0 Å². The lowest BCUT2D eigenvalue weighted by atomic mass is 10.0. The summed E-state index contributed by atoms with van der Waals surface area (Å²) in [7, 11) is 0. The highest BCUT2D eigenvalue weighted by Gasteiger charge is 2.04. The second-order valence-corrected chi connectivity index (χ2v) is 5.59. The van der Waals surface area contributed by atoms with Gasteiger partial charge in [0.1, 0.15) is 0 Å². The minimum Gasteiger partial charge on any atom is -0.313 e. The van der Waals surface area contributed by atoms with Crippen LogP contribution in [-0.2, 0) is 0 Å². The Labute approximate surface area is 117 Å². The minimum absolute atomic E-state index is 0.545. The summed E-state index contributed by atoms with van der Waals surface area (Å²) in [5.41, 5.74) is 2.59. The summed E-state index contributed by atoms with van der Waals surface area (Å²) in [6.07, 6.45) is 2.23. The van der Waals surface area contributed by atoms with E-state index in [2.05, 4.69) is 54.2 Å². The highest BCUT2D eigenvalue weighted by atomic mass is 79.9. The maximum Gasteiger partial charge on any atom is 0.0548 e. The third-order valence-electron chi connectivity index (χ3n) is 2.62. The summed E-state index contributed by atoms with van der Waals surface area (Å²) in [6, 6.07) is 6.01. The summed E-state index contributed by atoms with van der Waals surface area (Å²) in [5.74, 6) is 0.545. The van der Waals surface area contributed by atoms with Crippen LogP contribution in [0.3, 0.4) is 0 Å². The molecule has 94 valence electrons. The molecule has 0 fully saturated rings. The zero-order valence-corrected chi connectivity index (χ0v) is 12.9. The Balaban J connectivity index is 2.91. The van der Waals surface area contributed by atoms with Gasteiger partial charge in [-0.1, -0.05) is 50.1 Å². The summed E-state index contributed by atoms with van der Waals surface area (Å²) in [5, 5.41) is 4.12. The molecule has 0 saturated carbocycles. The Hall–Kier alpha value is -0.310. The number of benzene rings is 1. The van der Waals surface area contributed by atoms with Gasteiger partial charge in [0.15, 0.2) is 0 Å². The Morgan fingerprint density at radius 3 is 2.71 bits per heavy atom. The van der Waals surface area contributed by atoms with Crippen molar-refractivity contribution in [2.24, 2.45) is 5.92 Å². The fraction of sp³-hybridized carbons (Fsp3) is 0.429. The molecule has 0 aliphatic heterocycles. The van der Waals surface area contributed by atoms with Gasteiger partial charge in [0, 0.05) is 11.0 Å². The van der Waals surface area contributed by atoms with Gasteiger partial charge in [-0.25, -0.2) is 0 Å². The molecule has 0 spiro atoms. The lowest BCUT2D eigenvalue weighted by Crippen LogP contribution is -2.18. The van der Waals surface area contributed by atoms with Crippen LogP contribution in [0.25, 0.3) is 6.08 Å². The van der Waals surface area contributed by atoms with Crippen LogP contribution in [0.2, 0.25) is 5.02 Å². The molecule has 0 atom stereocenters. The van der Waals surface area contributed by atoms with Crippen molar-refractivity contribution < 1.29 is 0 Å². The second kappa shape index (κ2) is 7.20. The molecular formula is C14H19BrClN. The van der Waals surface area contributed by atoms with Gasteiger partial charge in [-0.2, -0.15) is 0 Å². The first-order valence-corrected chi connectivity index (χ1v) is 7.08. The molecule has 17 heavy (non-hydrogen) atoms. The van der Waals surface area contributed by atoms with E-state index in [4.69, 9.17) is 11.6 Å². The maximum atomic E-state index is 5.98. The first kappa shape index (κ1) is 14.7. The smallest absolute Gasteiger partial charge is 0.0548 e. The predicted octanol–water partition coefficient (Wildman–Crippen LogP) is 4.75. The lowest BCUT2D eigenvalue weighted by molar-refractivity contribution is 0.682. The summed E-state index contributed by atoms with van der Waals surface area (Å²) in [4.78, 5) is 0. The number of likely N-dealkylation sites (N-methyl/N-ethyl adjacent to an activating group) is 1. The quantitative estimate of drug-likeness (QED) is 0.826. The van der Waals surface area contributed by atoms with Crippen molar-refractivity contribution >= 4 is 33.6 Å². The van der Waals surface area contributed by atoms with Crippen molar-refractivity contribution in [3.63, 3.8) is 0 Å². The standard InChI is InChI=1S/C14H19BrClN/c1-4-17-9-12(10(2)3)7-11-5-6-14(16)13(15)8-11/h5-8,10,17H,4,9H2,1-3H3/b12-7-. The second-order valence-electron chi connectivity index (χ2n) is 4.33. The summed E-state index contributed by atoms with van der Waals surface area (Å²) in [6.45, 7) is 8.49. The molecule has 1 aromatic carbocycles. The average Bonchev–Trinajstić information content (AvgIpc) is 2.28. The van der Waals surface area contributed by atoms with Gasteiger partial charge in [-0.15, -0.1) is 0 Å². The van der Waals surface area contributed by atoms with E-state index in [0.717, 1.165) is 22.6 Å². The third-order valence-corrected chi connectivity index (χ3v) is 3.83. The molecule has 0 bridgehead atoms. The molecule has 1 aromatic rings. The van der Waals surface area contributed by atoms with Crippen LogP contribution >= 0.6 is 27.5 Å². The van der Waals surface area contributed by atoms with Gasteiger partial charge in [-0.3, -0.25) is 0 Å². The maximum absolute atomic E-state index is 5.98. The molecule has 0 amide bonds. The van der Waals surface area contributed by atoms with Crippen molar-refractivity contribution in [3.05, 3.63) is 38.8 Å². The largest absolute Gasteiger partial charge is 0.313 e. The molecule has 0 heterocycles. The van der Waals surface area contributed by atoms with E-state index < -0.39 is 0 Å². The van der Waals surface area contributed by atoms with Gasteiger partial charge < -0.3 is 5.32 Å². The number of nitrogens with one attached hydrogen (secondary N) is 1. The van der Waals surface area contributed by atoms with Gasteiger partial charge >= 0.3 is 0 Å². The Morgan fingerprint density at radius 1 is 1.47 bits per heavy atom. The van der Waals surface area contributed by atoms with E-state index in [1.165, 1.54) is 11.1 Å². The van der Waals surface area contributed by atoms with E-state index in [1.807, 2.05) is 12.1 Å². The fourth-order valence-corrected chi connectivity index (χ4v) is 2.02. The first-order chi connectivity index (χ1) is 8.04. The lowest BCUT2D eigenvalue weighted by Gasteiger charge is -2.12. The zero-order valence-electron chi connectivity index (χ0n) is 10.6. The SMILES string of the molecule is CCNC/C(=C/c1ccc(Cl)c(Br)c1)C(C)C. The molecule has 0 unspecified atom stereocenters. The molecule has 0 aliphatic carbocycles. The van der Waals surface area contributed by atoms with Gasteiger partial charge in [-0.05, 0) is 46.1 Å². The zero-order chi connectivity index (χ0) is 12.8. The molecule has 1 nitrogen and oxygen atoms in total. The third kappa shape index (κ3) is 4.82. The van der Waals surface area contributed by atoms with Crippen LogP contribution in [-0.4, -0.2) is 13.1 Å². The fourth-order valence-electron chi connectivity index (χ4n) is 1.51. The van der Waals surface area contributed by atoms with E-state index in [9.17, 15) is 0 Å². The van der Waals surface area contributed by atoms with Crippen LogP contribution in [0.1, 0.15) is 26.3 Å². The van der Waals surface area contributed by atoms with Crippen LogP contribution < -0.4 is 5.32 Å². The molecule has 1 rings (SSSR count). The normalized spacial score (nSPS) is 12.2. The van der Waals surface area contributed by atoms with Crippen molar-refractivity contribution in [3.8, 4) is 0 Å². The Bertz CT molecular complexity index is 399. The van der Waals surface area contributed by atoms with Crippen molar-refractivity contribution in [2.45, 2.75) is 20.8 Å². The molecule has 0 radical (unpaired) electrons. The number of rotatable bonds is 5. The highest BCUT2D eigenvalue weighted by Crippen LogP contribution is 2.25. The van der Waals surface area contributed by atoms with E-state index >= 15 is 0 Å². The first-order valence-electron chi connectivity index (χ1n) is 5.90. The predicted molar refractivity (Wildman–Crippen MR) is 80.5 cm³/mol. The van der Waals surface area contributed by atoms with Gasteiger partial charge in [0.05, 0.1) is 5.02 Å². The minimum atomic E-state index is 0.545. The van der Waals surface area contributed by atoms with E-state index in [0.29, 0.717) is 5.92 Å². The Morgan fingerprint density at radius 2 is 2.18 bits per heavy atom. The van der Waals surface area contributed by atoms with Gasteiger partial charge in [0.2, 0.25) is 0 Å². The topological polar surface area (TPSA) is 12.0 Å². The van der Waals surface area contributed by atoms with Crippen molar-refractivity contribution in [1.82, 2.24) is 5.32 Å². The number of hydrogen-bond donors (Lipinski definition) is 1.